The lowest BCUT2D eigenvalue weighted by Gasteiger charge is -2.35. The normalized spacial score (nSPS) is 15.8. The summed E-state index contributed by atoms with van der Waals surface area (Å²) in [7, 11) is -3.88. The van der Waals surface area contributed by atoms with Gasteiger partial charge in [0.1, 0.15) is 12.1 Å². The van der Waals surface area contributed by atoms with Gasteiger partial charge in [0.25, 0.3) is 0 Å². The molecule has 7 N–H and O–H groups in total. The maximum absolute atomic E-state index is 14.1. The summed E-state index contributed by atoms with van der Waals surface area (Å²) in [4.78, 5) is 76.6. The third kappa shape index (κ3) is 14.7. The van der Waals surface area contributed by atoms with E-state index < -0.39 is 57.3 Å². The number of aliphatic hydroxyl groups excluding tert-OH is 1. The third-order valence-electron chi connectivity index (χ3n) is 13.5. The summed E-state index contributed by atoms with van der Waals surface area (Å²) in [5, 5.41) is 41.2. The molecule has 3 aromatic heterocycles. The summed E-state index contributed by atoms with van der Waals surface area (Å²) in [5.74, 6) is 4.10. The van der Waals surface area contributed by atoms with Gasteiger partial charge in [0.2, 0.25) is 38.8 Å². The fourth-order valence-electron chi connectivity index (χ4n) is 9.13. The first-order valence-corrected chi connectivity index (χ1v) is 28.8. The number of benzene rings is 3. The fourth-order valence-corrected chi connectivity index (χ4v) is 11.2. The first-order valence-electron chi connectivity index (χ1n) is 25.5. The molecule has 1 saturated heterocycles. The smallest absolute Gasteiger partial charge is 0.355 e. The topological polar surface area (TPSA) is 269 Å². The number of sulfonamides is 1. The SMILES string of the molecule is Cc1ncsc1-c1ccc(CNC(=O)[C@@H]2C[C@@H](O)CN2C(=O)[C@@H](NC(=O)CCC(=O)NCCCCC#Cc2cccc(-c3nn(-c4nc(C(=O)O)cs4)c(CC4CC4)c3Cc3ccc(S(N)(=O)=O)cc3)c2)C(C)(C)C)cc1. The van der Waals surface area contributed by atoms with Crippen LogP contribution in [0.4, 0.5) is 0 Å². The number of carboxylic acid groups (broad SMARTS) is 1. The number of aryl methyl sites for hydroxylation is 1. The van der Waals surface area contributed by atoms with Crippen molar-refractivity contribution in [2.45, 2.75) is 122 Å². The summed E-state index contributed by atoms with van der Waals surface area (Å²) >= 11 is 2.75. The van der Waals surface area contributed by atoms with Gasteiger partial charge in [-0.05, 0) is 91.3 Å². The van der Waals surface area contributed by atoms with E-state index in [0.717, 1.165) is 62.5 Å². The lowest BCUT2D eigenvalue weighted by Crippen LogP contribution is -2.57. The number of aliphatic hydroxyl groups is 1. The molecular formula is C56H63N9O9S3. The number of β-amino-alcohol motifs (C(OH)–C–C–N with tert-alkyl or cyclic N) is 1. The maximum Gasteiger partial charge on any atom is 0.355 e. The van der Waals surface area contributed by atoms with Gasteiger partial charge in [-0.3, -0.25) is 19.2 Å². The van der Waals surface area contributed by atoms with Crippen LogP contribution in [0.15, 0.2) is 88.6 Å². The number of nitrogens with two attached hydrogens (primary N) is 1. The highest BCUT2D eigenvalue weighted by Crippen LogP contribution is 2.38. The minimum atomic E-state index is -3.88. The molecule has 1 saturated carbocycles. The zero-order valence-electron chi connectivity index (χ0n) is 43.4. The lowest BCUT2D eigenvalue weighted by molar-refractivity contribution is -0.144. The average Bonchev–Trinajstić information content (AvgIpc) is 3.75. The number of carboxylic acids is 1. The largest absolute Gasteiger partial charge is 0.476 e. The minimum absolute atomic E-state index is 0.00731. The van der Waals surface area contributed by atoms with Crippen molar-refractivity contribution in [2.75, 3.05) is 13.1 Å². The number of unbranched alkanes of at least 4 members (excludes halogenated alkanes) is 2. The van der Waals surface area contributed by atoms with E-state index in [9.17, 15) is 42.6 Å². The van der Waals surface area contributed by atoms with Gasteiger partial charge in [-0.15, -0.1) is 22.7 Å². The molecule has 0 spiro atoms. The number of primary sulfonamides is 1. The van der Waals surface area contributed by atoms with E-state index in [0.29, 0.717) is 55.4 Å². The minimum Gasteiger partial charge on any atom is -0.476 e. The molecule has 1 aliphatic heterocycles. The van der Waals surface area contributed by atoms with Gasteiger partial charge in [0, 0.05) is 73.8 Å². The van der Waals surface area contributed by atoms with Crippen LogP contribution in [0.1, 0.15) is 116 Å². The lowest BCUT2D eigenvalue weighted by atomic mass is 9.85. The number of thiazole rings is 2. The molecule has 1 aliphatic carbocycles. The molecule has 18 nitrogen and oxygen atoms in total. The Morgan fingerprint density at radius 3 is 2.31 bits per heavy atom. The second kappa shape index (κ2) is 24.5. The summed E-state index contributed by atoms with van der Waals surface area (Å²) in [5.41, 5.74) is 8.72. The zero-order valence-corrected chi connectivity index (χ0v) is 45.8. The molecule has 77 heavy (non-hydrogen) atoms. The standard InChI is InChI=1S/C56H63N9O9S3/c1-34-50(76-33-60-34)39-19-15-38(16-20-39)30-59-52(69)46-29-41(66)31-64(46)53(70)51(56(2,3)4)62-48(68)24-23-47(67)58-25-8-6-5-7-10-35-11-9-12-40(26-35)49-43(27-36-17-21-42(22-18-36)77(57,73)74)45(28-37-13-14-37)65(63-49)55-61-44(32-75-55)54(71)72/h9,11-12,15-22,26,32-33,37,41,46,51,66H,5-6,8,13-14,23-25,27-31H2,1-4H3,(H,58,67)(H,59,69)(H,62,68)(H,71,72)(H2,57,73,74)/t41-,46+,51-/m1/s1. The Morgan fingerprint density at radius 1 is 0.922 bits per heavy atom. The predicted molar refractivity (Wildman–Crippen MR) is 293 cm³/mol. The molecule has 2 aliphatic rings. The summed E-state index contributed by atoms with van der Waals surface area (Å²) in [6.45, 7) is 7.92. The fraction of sp³-hybridized carbons (Fsp3) is 0.393. The highest BCUT2D eigenvalue weighted by atomic mass is 32.2. The molecule has 2 fully saturated rings. The molecule has 21 heteroatoms. The number of aromatic carboxylic acids is 1. The second-order valence-electron chi connectivity index (χ2n) is 20.7. The van der Waals surface area contributed by atoms with E-state index in [1.165, 1.54) is 33.7 Å². The van der Waals surface area contributed by atoms with Crippen LogP contribution in [0.2, 0.25) is 0 Å². The van der Waals surface area contributed by atoms with E-state index >= 15 is 0 Å². The van der Waals surface area contributed by atoms with Gasteiger partial charge in [-0.2, -0.15) is 5.10 Å². The van der Waals surface area contributed by atoms with Crippen LogP contribution < -0.4 is 21.1 Å². The molecule has 3 atom stereocenters. The zero-order chi connectivity index (χ0) is 55.0. The van der Waals surface area contributed by atoms with Gasteiger partial charge in [-0.25, -0.2) is 33.0 Å². The van der Waals surface area contributed by atoms with Crippen molar-refractivity contribution in [1.82, 2.24) is 40.6 Å². The molecule has 3 aromatic carbocycles. The Balaban J connectivity index is 0.821. The van der Waals surface area contributed by atoms with Crippen molar-refractivity contribution in [2.24, 2.45) is 16.5 Å². The van der Waals surface area contributed by atoms with Crippen molar-refractivity contribution in [3.63, 3.8) is 0 Å². The van der Waals surface area contributed by atoms with Crippen LogP contribution in [-0.2, 0) is 48.6 Å². The molecule has 0 unspecified atom stereocenters. The summed E-state index contributed by atoms with van der Waals surface area (Å²) in [6, 6.07) is 20.0. The maximum atomic E-state index is 14.1. The molecule has 4 heterocycles. The number of amides is 4. The molecule has 6 aromatic rings. The van der Waals surface area contributed by atoms with Crippen LogP contribution >= 0.6 is 22.7 Å². The third-order valence-corrected chi connectivity index (χ3v) is 16.2. The number of hydrogen-bond donors (Lipinski definition) is 6. The van der Waals surface area contributed by atoms with Crippen molar-refractivity contribution < 1.29 is 42.6 Å². The Morgan fingerprint density at radius 2 is 1.65 bits per heavy atom. The first kappa shape index (κ1) is 56.1. The van der Waals surface area contributed by atoms with E-state index in [-0.39, 0.29) is 48.8 Å². The molecule has 8 rings (SSSR count). The Bertz CT molecular complexity index is 3310. The predicted octanol–water partition coefficient (Wildman–Crippen LogP) is 6.54. The van der Waals surface area contributed by atoms with Crippen LogP contribution in [0.25, 0.3) is 26.8 Å². The summed E-state index contributed by atoms with van der Waals surface area (Å²) in [6.07, 6.45) is 4.05. The molecule has 0 radical (unpaired) electrons. The van der Waals surface area contributed by atoms with E-state index in [2.05, 4.69) is 37.8 Å². The quantitative estimate of drug-likeness (QED) is 0.0331. The first-order chi connectivity index (χ1) is 36.7. The monoisotopic (exact) mass is 1100 g/mol. The number of rotatable bonds is 21. The van der Waals surface area contributed by atoms with Crippen molar-refractivity contribution >= 4 is 62.3 Å². The Kier molecular flexibility index (Phi) is 17.9. The van der Waals surface area contributed by atoms with E-state index in [1.54, 1.807) is 54.4 Å². The number of likely N-dealkylation sites (tertiary alicyclic amines) is 1. The second-order valence-corrected chi connectivity index (χ2v) is 23.9. The highest BCUT2D eigenvalue weighted by molar-refractivity contribution is 7.89. The van der Waals surface area contributed by atoms with E-state index in [4.69, 9.17) is 10.2 Å². The Labute approximate surface area is 456 Å². The number of nitrogens with one attached hydrogen (secondary N) is 3. The number of carbonyl (C=O) groups excluding carboxylic acids is 4. The van der Waals surface area contributed by atoms with Crippen molar-refractivity contribution in [3.8, 4) is 38.7 Å². The van der Waals surface area contributed by atoms with Crippen LogP contribution in [-0.4, -0.2) is 104 Å². The van der Waals surface area contributed by atoms with Crippen molar-refractivity contribution in [1.29, 1.82) is 0 Å². The number of nitrogens with zero attached hydrogens (tertiary/aromatic N) is 5. The molecule has 404 valence electrons. The van der Waals surface area contributed by atoms with Gasteiger partial charge >= 0.3 is 5.97 Å². The van der Waals surface area contributed by atoms with E-state index in [1.807, 2.05) is 55.5 Å². The van der Waals surface area contributed by atoms with Gasteiger partial charge in [0.05, 0.1) is 38.5 Å². The average molecular weight is 1100 g/mol. The number of aromatic nitrogens is 4. The highest BCUT2D eigenvalue weighted by Gasteiger charge is 2.44. The van der Waals surface area contributed by atoms with Gasteiger partial charge in [0.15, 0.2) is 5.69 Å². The van der Waals surface area contributed by atoms with Crippen LogP contribution in [0.5, 0.6) is 0 Å². The van der Waals surface area contributed by atoms with Crippen LogP contribution in [0.3, 0.4) is 0 Å². The molecular weight excluding hydrogens is 1040 g/mol. The number of hydrogen-bond acceptors (Lipinski definition) is 13. The van der Waals surface area contributed by atoms with Crippen LogP contribution in [0, 0.1) is 30.1 Å². The van der Waals surface area contributed by atoms with Crippen molar-refractivity contribution in [3.05, 3.63) is 123 Å². The van der Waals surface area contributed by atoms with Gasteiger partial charge in [-0.1, -0.05) is 81.1 Å². The molecule has 4 amide bonds. The number of carbonyl (C=O) groups is 5. The van der Waals surface area contributed by atoms with Gasteiger partial charge < -0.3 is 31.1 Å². The summed E-state index contributed by atoms with van der Waals surface area (Å²) < 4.78 is 25.7. The molecule has 0 bridgehead atoms. The Hall–Kier alpha value is -7.09.